The molecule has 106 valence electrons. The standard InChI is InChI=1S/C17H15FN2O/c1-11-3-4-12-9-13(5-7-15(12)20-11)17(2,21)16-8-6-14(18)10-19-16/h3-10,21H,1-2H3. The largest absolute Gasteiger partial charge is 0.379 e. The summed E-state index contributed by atoms with van der Waals surface area (Å²) < 4.78 is 13.0. The van der Waals surface area contributed by atoms with Crippen LogP contribution in [0, 0.1) is 12.7 Å². The van der Waals surface area contributed by atoms with Crippen LogP contribution in [0.5, 0.6) is 0 Å². The first-order chi connectivity index (χ1) is 9.96. The molecule has 3 rings (SSSR count). The van der Waals surface area contributed by atoms with E-state index in [4.69, 9.17) is 0 Å². The molecule has 0 fully saturated rings. The van der Waals surface area contributed by atoms with Crippen LogP contribution in [0.3, 0.4) is 0 Å². The van der Waals surface area contributed by atoms with Crippen molar-refractivity contribution in [2.75, 3.05) is 0 Å². The fourth-order valence-corrected chi connectivity index (χ4v) is 2.34. The molecular weight excluding hydrogens is 267 g/mol. The molecule has 1 aromatic carbocycles. The maximum absolute atomic E-state index is 13.0. The quantitative estimate of drug-likeness (QED) is 0.784. The number of fused-ring (bicyclic) bond motifs is 1. The zero-order valence-corrected chi connectivity index (χ0v) is 11.8. The minimum atomic E-state index is -1.28. The lowest BCUT2D eigenvalue weighted by molar-refractivity contribution is 0.0974. The lowest BCUT2D eigenvalue weighted by Gasteiger charge is -2.23. The number of benzene rings is 1. The molecule has 3 nitrogen and oxygen atoms in total. The Labute approximate surface area is 122 Å². The smallest absolute Gasteiger partial charge is 0.141 e. The van der Waals surface area contributed by atoms with Gasteiger partial charge in [-0.25, -0.2) is 4.39 Å². The molecular formula is C17H15FN2O. The molecule has 2 heterocycles. The number of aryl methyl sites for hydroxylation is 1. The molecule has 0 saturated carbocycles. The van der Waals surface area contributed by atoms with Gasteiger partial charge < -0.3 is 5.11 Å². The summed E-state index contributed by atoms with van der Waals surface area (Å²) in [5, 5.41) is 11.7. The number of hydrogen-bond acceptors (Lipinski definition) is 3. The van der Waals surface area contributed by atoms with Gasteiger partial charge in [0.05, 0.1) is 17.4 Å². The van der Waals surface area contributed by atoms with E-state index in [1.807, 2.05) is 37.3 Å². The number of aromatic nitrogens is 2. The van der Waals surface area contributed by atoms with Crippen LogP contribution in [0.25, 0.3) is 10.9 Å². The summed E-state index contributed by atoms with van der Waals surface area (Å²) in [6.07, 6.45) is 1.11. The van der Waals surface area contributed by atoms with Crippen LogP contribution in [-0.4, -0.2) is 15.1 Å². The molecule has 3 aromatic rings. The van der Waals surface area contributed by atoms with Crippen LogP contribution in [0.15, 0.2) is 48.7 Å². The zero-order chi connectivity index (χ0) is 15.0. The van der Waals surface area contributed by atoms with Crippen molar-refractivity contribution in [3.8, 4) is 0 Å². The predicted molar refractivity (Wildman–Crippen MR) is 79.3 cm³/mol. The van der Waals surface area contributed by atoms with Crippen molar-refractivity contribution in [1.82, 2.24) is 9.97 Å². The van der Waals surface area contributed by atoms with Gasteiger partial charge >= 0.3 is 0 Å². The van der Waals surface area contributed by atoms with Crippen LogP contribution >= 0.6 is 0 Å². The van der Waals surface area contributed by atoms with Gasteiger partial charge in [0.1, 0.15) is 11.4 Å². The molecule has 0 aliphatic rings. The SMILES string of the molecule is Cc1ccc2cc(C(C)(O)c3ccc(F)cn3)ccc2n1. The third-order valence-corrected chi connectivity index (χ3v) is 3.62. The van der Waals surface area contributed by atoms with Crippen LogP contribution in [0.1, 0.15) is 23.9 Å². The van der Waals surface area contributed by atoms with Crippen LogP contribution in [0.4, 0.5) is 4.39 Å². The Morgan fingerprint density at radius 1 is 1.10 bits per heavy atom. The van der Waals surface area contributed by atoms with Crippen molar-refractivity contribution in [3.05, 3.63) is 71.4 Å². The molecule has 2 aromatic heterocycles. The lowest BCUT2D eigenvalue weighted by Crippen LogP contribution is -2.24. The molecule has 4 heteroatoms. The van der Waals surface area contributed by atoms with Crippen molar-refractivity contribution in [3.63, 3.8) is 0 Å². The van der Waals surface area contributed by atoms with Crippen LogP contribution < -0.4 is 0 Å². The van der Waals surface area contributed by atoms with E-state index in [1.165, 1.54) is 12.1 Å². The maximum Gasteiger partial charge on any atom is 0.141 e. The molecule has 0 spiro atoms. The summed E-state index contributed by atoms with van der Waals surface area (Å²) in [6.45, 7) is 3.59. The summed E-state index contributed by atoms with van der Waals surface area (Å²) in [6, 6.07) is 12.3. The number of aliphatic hydroxyl groups is 1. The first-order valence-electron chi connectivity index (χ1n) is 6.69. The molecule has 0 amide bonds. The Morgan fingerprint density at radius 2 is 1.90 bits per heavy atom. The molecule has 0 bridgehead atoms. The molecule has 1 unspecified atom stereocenters. The molecule has 1 atom stereocenters. The Balaban J connectivity index is 2.09. The molecule has 0 radical (unpaired) electrons. The second kappa shape index (κ2) is 4.90. The normalized spacial score (nSPS) is 14.1. The van der Waals surface area contributed by atoms with Crippen molar-refractivity contribution in [2.45, 2.75) is 19.4 Å². The summed E-state index contributed by atoms with van der Waals surface area (Å²) in [7, 11) is 0. The van der Waals surface area contributed by atoms with Crippen molar-refractivity contribution in [2.24, 2.45) is 0 Å². The maximum atomic E-state index is 13.0. The Kier molecular flexibility index (Phi) is 3.18. The number of pyridine rings is 2. The summed E-state index contributed by atoms with van der Waals surface area (Å²) in [4.78, 5) is 8.42. The number of nitrogens with zero attached hydrogens (tertiary/aromatic N) is 2. The van der Waals surface area contributed by atoms with Gasteiger partial charge in [0, 0.05) is 11.1 Å². The monoisotopic (exact) mass is 282 g/mol. The van der Waals surface area contributed by atoms with Gasteiger partial charge in [0.25, 0.3) is 0 Å². The Morgan fingerprint density at radius 3 is 2.62 bits per heavy atom. The van der Waals surface area contributed by atoms with Crippen LogP contribution in [-0.2, 0) is 5.60 Å². The first-order valence-corrected chi connectivity index (χ1v) is 6.69. The van der Waals surface area contributed by atoms with Crippen LogP contribution in [0.2, 0.25) is 0 Å². The highest BCUT2D eigenvalue weighted by Crippen LogP contribution is 2.29. The zero-order valence-electron chi connectivity index (χ0n) is 11.8. The van der Waals surface area contributed by atoms with Crippen molar-refractivity contribution >= 4 is 10.9 Å². The minimum Gasteiger partial charge on any atom is -0.379 e. The molecule has 0 saturated heterocycles. The highest BCUT2D eigenvalue weighted by Gasteiger charge is 2.27. The summed E-state index contributed by atoms with van der Waals surface area (Å²) in [5.74, 6) is -0.423. The van der Waals surface area contributed by atoms with Crippen molar-refractivity contribution in [1.29, 1.82) is 0 Å². The predicted octanol–water partition coefficient (Wildman–Crippen LogP) is 3.33. The second-order valence-electron chi connectivity index (χ2n) is 5.29. The van der Waals surface area contributed by atoms with Gasteiger partial charge in [-0.15, -0.1) is 0 Å². The van der Waals surface area contributed by atoms with Gasteiger partial charge in [-0.1, -0.05) is 12.1 Å². The van der Waals surface area contributed by atoms with E-state index in [0.717, 1.165) is 22.8 Å². The first kappa shape index (κ1) is 13.6. The van der Waals surface area contributed by atoms with E-state index in [0.29, 0.717) is 11.3 Å². The highest BCUT2D eigenvalue weighted by molar-refractivity contribution is 5.79. The van der Waals surface area contributed by atoms with E-state index in [-0.39, 0.29) is 0 Å². The average Bonchev–Trinajstić information content (AvgIpc) is 2.47. The topological polar surface area (TPSA) is 46.0 Å². The minimum absolute atomic E-state index is 0.406. The lowest BCUT2D eigenvalue weighted by atomic mass is 9.91. The number of halogens is 1. The molecule has 0 aliphatic carbocycles. The summed E-state index contributed by atoms with van der Waals surface area (Å²) in [5.41, 5.74) is 1.64. The van der Waals surface area contributed by atoms with E-state index in [9.17, 15) is 9.50 Å². The van der Waals surface area contributed by atoms with E-state index in [2.05, 4.69) is 9.97 Å². The highest BCUT2D eigenvalue weighted by atomic mass is 19.1. The number of hydrogen-bond donors (Lipinski definition) is 1. The van der Waals surface area contributed by atoms with Gasteiger partial charge in [-0.3, -0.25) is 9.97 Å². The Hall–Kier alpha value is -2.33. The van der Waals surface area contributed by atoms with Gasteiger partial charge in [0.2, 0.25) is 0 Å². The number of rotatable bonds is 2. The molecule has 0 aliphatic heterocycles. The molecule has 1 N–H and O–H groups in total. The average molecular weight is 282 g/mol. The van der Waals surface area contributed by atoms with Gasteiger partial charge in [-0.2, -0.15) is 0 Å². The fourth-order valence-electron chi connectivity index (χ4n) is 2.34. The third kappa shape index (κ3) is 2.50. The van der Waals surface area contributed by atoms with Gasteiger partial charge in [0.15, 0.2) is 0 Å². The van der Waals surface area contributed by atoms with Crippen molar-refractivity contribution < 1.29 is 9.50 Å². The molecule has 21 heavy (non-hydrogen) atoms. The third-order valence-electron chi connectivity index (χ3n) is 3.62. The second-order valence-corrected chi connectivity index (χ2v) is 5.29. The van der Waals surface area contributed by atoms with Gasteiger partial charge in [-0.05, 0) is 49.7 Å². The fraction of sp³-hybridized carbons (Fsp3) is 0.176. The van der Waals surface area contributed by atoms with E-state index >= 15 is 0 Å². The summed E-state index contributed by atoms with van der Waals surface area (Å²) >= 11 is 0. The van der Waals surface area contributed by atoms with E-state index in [1.54, 1.807) is 6.92 Å². The van der Waals surface area contributed by atoms with E-state index < -0.39 is 11.4 Å². The Bertz CT molecular complexity index is 797.